The molecule has 1 atom stereocenters. The Morgan fingerprint density at radius 2 is 1.81 bits per heavy atom. The second-order valence-corrected chi connectivity index (χ2v) is 6.64. The molecule has 1 heterocycles. The van der Waals surface area contributed by atoms with Crippen LogP contribution in [0.2, 0.25) is 5.02 Å². The Balaban J connectivity index is 1.83. The number of hydrogen-bond acceptors (Lipinski definition) is 4. The first-order chi connectivity index (χ1) is 12.6. The highest BCUT2D eigenvalue weighted by Crippen LogP contribution is 2.33. The van der Waals surface area contributed by atoms with E-state index in [1.165, 1.54) is 0 Å². The van der Waals surface area contributed by atoms with E-state index < -0.39 is 0 Å². The van der Waals surface area contributed by atoms with Crippen molar-refractivity contribution in [3.63, 3.8) is 0 Å². The monoisotopic (exact) mass is 369 g/mol. The maximum absolute atomic E-state index is 12.9. The topological polar surface area (TPSA) is 59.2 Å². The molecule has 0 N–H and O–H groups in total. The van der Waals surface area contributed by atoms with Gasteiger partial charge in [0.05, 0.1) is 6.54 Å². The molecule has 5 nitrogen and oxygen atoms in total. The Labute approximate surface area is 157 Å². The number of hydrogen-bond donors (Lipinski definition) is 0. The molecule has 26 heavy (non-hydrogen) atoms. The number of benzene rings is 2. The average Bonchev–Trinajstić information content (AvgIpc) is 3.05. The van der Waals surface area contributed by atoms with Gasteiger partial charge in [-0.1, -0.05) is 70.4 Å². The van der Waals surface area contributed by atoms with Crippen LogP contribution in [0.1, 0.15) is 34.9 Å². The number of rotatable bonds is 6. The van der Waals surface area contributed by atoms with Gasteiger partial charge in [-0.15, -0.1) is 0 Å². The predicted molar refractivity (Wildman–Crippen MR) is 99.9 cm³/mol. The van der Waals surface area contributed by atoms with Gasteiger partial charge in [0, 0.05) is 24.4 Å². The maximum Gasteiger partial charge on any atom is 0.223 e. The minimum Gasteiger partial charge on any atom is -0.340 e. The number of carbonyl (C=O) groups excluding carboxylic acids is 1. The lowest BCUT2D eigenvalue weighted by Gasteiger charge is -2.22. The zero-order chi connectivity index (χ0) is 18.5. The van der Waals surface area contributed by atoms with Gasteiger partial charge in [-0.05, 0) is 24.1 Å². The summed E-state index contributed by atoms with van der Waals surface area (Å²) in [5, 5.41) is 8.26. The second-order valence-electron chi connectivity index (χ2n) is 6.24. The Kier molecular flexibility index (Phi) is 5.68. The number of halogens is 1. The van der Waals surface area contributed by atoms with Gasteiger partial charge in [0.25, 0.3) is 0 Å². The van der Waals surface area contributed by atoms with Crippen LogP contribution >= 0.6 is 11.6 Å². The summed E-state index contributed by atoms with van der Waals surface area (Å²) < 4.78 is 4.71. The van der Waals surface area contributed by atoms with Crippen molar-refractivity contribution in [3.05, 3.63) is 82.1 Å². The third kappa shape index (κ3) is 4.11. The molecule has 0 saturated carbocycles. The largest absolute Gasteiger partial charge is 0.340 e. The lowest BCUT2D eigenvalue weighted by Crippen LogP contribution is -2.28. The van der Waals surface area contributed by atoms with E-state index in [1.54, 1.807) is 18.9 Å². The fourth-order valence-electron chi connectivity index (χ4n) is 2.89. The van der Waals surface area contributed by atoms with Crippen molar-refractivity contribution in [3.8, 4) is 0 Å². The molecule has 3 aromatic rings. The molecular formula is C20H20ClN3O2. The van der Waals surface area contributed by atoms with Crippen LogP contribution in [-0.4, -0.2) is 28.2 Å². The van der Waals surface area contributed by atoms with Crippen LogP contribution in [-0.2, 0) is 11.3 Å². The average molecular weight is 370 g/mol. The number of aryl methyl sites for hydroxylation is 1. The third-order valence-electron chi connectivity index (χ3n) is 4.42. The minimum atomic E-state index is -0.114. The summed E-state index contributed by atoms with van der Waals surface area (Å²) in [4.78, 5) is 14.5. The Morgan fingerprint density at radius 1 is 1.12 bits per heavy atom. The van der Waals surface area contributed by atoms with Crippen molar-refractivity contribution >= 4 is 17.5 Å². The molecule has 0 spiro atoms. The summed E-state index contributed by atoms with van der Waals surface area (Å²) >= 11 is 6.41. The van der Waals surface area contributed by atoms with E-state index in [0.29, 0.717) is 29.4 Å². The summed E-state index contributed by atoms with van der Waals surface area (Å²) in [6.07, 6.45) is 0.314. The predicted octanol–water partition coefficient (Wildman–Crippen LogP) is 4.21. The van der Waals surface area contributed by atoms with Gasteiger partial charge in [-0.25, -0.2) is 4.63 Å². The molecule has 3 rings (SSSR count). The van der Waals surface area contributed by atoms with E-state index in [1.807, 2.05) is 54.6 Å². The highest BCUT2D eigenvalue weighted by molar-refractivity contribution is 6.31. The summed E-state index contributed by atoms with van der Waals surface area (Å²) in [5.74, 6) is -0.113. The Bertz CT molecular complexity index is 880. The molecule has 0 unspecified atom stereocenters. The summed E-state index contributed by atoms with van der Waals surface area (Å²) in [6.45, 7) is 2.17. The molecule has 0 aliphatic heterocycles. The first-order valence-electron chi connectivity index (χ1n) is 8.37. The zero-order valence-corrected chi connectivity index (χ0v) is 15.5. The van der Waals surface area contributed by atoms with Crippen LogP contribution in [0, 0.1) is 6.92 Å². The van der Waals surface area contributed by atoms with Gasteiger partial charge in [-0.2, -0.15) is 0 Å². The molecule has 2 aromatic carbocycles. The van der Waals surface area contributed by atoms with Crippen LogP contribution in [0.5, 0.6) is 0 Å². The van der Waals surface area contributed by atoms with Crippen LogP contribution in [0.3, 0.4) is 0 Å². The molecule has 0 radical (unpaired) electrons. The number of carbonyl (C=O) groups is 1. The summed E-state index contributed by atoms with van der Waals surface area (Å²) in [7, 11) is 1.76. The van der Waals surface area contributed by atoms with E-state index in [0.717, 1.165) is 11.1 Å². The molecular weight excluding hydrogens is 350 g/mol. The maximum atomic E-state index is 12.9. The van der Waals surface area contributed by atoms with E-state index in [2.05, 4.69) is 10.3 Å². The summed E-state index contributed by atoms with van der Waals surface area (Å²) in [6, 6.07) is 17.6. The molecule has 0 bridgehead atoms. The number of amides is 1. The van der Waals surface area contributed by atoms with Gasteiger partial charge in [0.15, 0.2) is 0 Å². The summed E-state index contributed by atoms with van der Waals surface area (Å²) in [5.41, 5.74) is 3.35. The molecule has 6 heteroatoms. The van der Waals surface area contributed by atoms with Crippen molar-refractivity contribution in [1.82, 2.24) is 15.2 Å². The lowest BCUT2D eigenvalue weighted by atomic mass is 9.88. The number of aromatic nitrogens is 2. The first-order valence-corrected chi connectivity index (χ1v) is 8.75. The van der Waals surface area contributed by atoms with Gasteiger partial charge in [0.1, 0.15) is 11.4 Å². The fraction of sp³-hybridized carbons (Fsp3) is 0.250. The van der Waals surface area contributed by atoms with Crippen LogP contribution in [0.15, 0.2) is 59.2 Å². The van der Waals surface area contributed by atoms with Gasteiger partial charge < -0.3 is 4.90 Å². The normalized spacial score (nSPS) is 12.0. The van der Waals surface area contributed by atoms with Gasteiger partial charge in [-0.3, -0.25) is 4.79 Å². The second kappa shape index (κ2) is 8.15. The van der Waals surface area contributed by atoms with Crippen molar-refractivity contribution in [2.24, 2.45) is 0 Å². The van der Waals surface area contributed by atoms with E-state index in [-0.39, 0.29) is 11.8 Å². The fourth-order valence-corrected chi connectivity index (χ4v) is 3.15. The zero-order valence-electron chi connectivity index (χ0n) is 14.7. The van der Waals surface area contributed by atoms with Crippen molar-refractivity contribution in [2.45, 2.75) is 25.8 Å². The van der Waals surface area contributed by atoms with E-state index >= 15 is 0 Å². The molecule has 0 fully saturated rings. The van der Waals surface area contributed by atoms with Crippen LogP contribution in [0.4, 0.5) is 0 Å². The SMILES string of the molecule is Cc1nonc1CN(C)C(=O)C[C@@H](c1ccccc1)c1ccccc1Cl. The first kappa shape index (κ1) is 18.1. The molecule has 0 saturated heterocycles. The smallest absolute Gasteiger partial charge is 0.223 e. The van der Waals surface area contributed by atoms with Crippen LogP contribution < -0.4 is 0 Å². The molecule has 1 aromatic heterocycles. The standard InChI is InChI=1S/C20H20ClN3O2/c1-14-19(23-26-22-14)13-24(2)20(25)12-17(15-8-4-3-5-9-15)16-10-6-7-11-18(16)21/h3-11,17H,12-13H2,1-2H3/t17-/m0/s1. The Morgan fingerprint density at radius 3 is 2.46 bits per heavy atom. The van der Waals surface area contributed by atoms with E-state index in [9.17, 15) is 4.79 Å². The van der Waals surface area contributed by atoms with E-state index in [4.69, 9.17) is 16.2 Å². The van der Waals surface area contributed by atoms with Crippen LogP contribution in [0.25, 0.3) is 0 Å². The highest BCUT2D eigenvalue weighted by Gasteiger charge is 2.23. The number of nitrogens with zero attached hydrogens (tertiary/aromatic N) is 3. The quantitative estimate of drug-likeness (QED) is 0.653. The third-order valence-corrected chi connectivity index (χ3v) is 4.76. The molecule has 0 aliphatic carbocycles. The molecule has 0 aliphatic rings. The molecule has 134 valence electrons. The van der Waals surface area contributed by atoms with Gasteiger partial charge >= 0.3 is 0 Å². The Hall–Kier alpha value is -2.66. The van der Waals surface area contributed by atoms with Crippen molar-refractivity contribution in [2.75, 3.05) is 7.05 Å². The lowest BCUT2D eigenvalue weighted by molar-refractivity contribution is -0.130. The van der Waals surface area contributed by atoms with Gasteiger partial charge in [0.2, 0.25) is 5.91 Å². The minimum absolute atomic E-state index is 0.00109. The highest BCUT2D eigenvalue weighted by atomic mass is 35.5. The molecule has 1 amide bonds. The van der Waals surface area contributed by atoms with Crippen molar-refractivity contribution < 1.29 is 9.42 Å². The van der Waals surface area contributed by atoms with Crippen molar-refractivity contribution in [1.29, 1.82) is 0 Å².